The third-order valence-corrected chi connectivity index (χ3v) is 3.91. The van der Waals surface area contributed by atoms with Crippen molar-refractivity contribution in [2.45, 2.75) is 11.1 Å². The highest BCUT2D eigenvalue weighted by Crippen LogP contribution is 2.31. The molecule has 0 spiro atoms. The Bertz CT molecular complexity index is 537. The van der Waals surface area contributed by atoms with Crippen LogP contribution in [0.25, 0.3) is 0 Å². The van der Waals surface area contributed by atoms with E-state index in [9.17, 15) is 21.6 Å². The van der Waals surface area contributed by atoms with Crippen molar-refractivity contribution in [1.29, 1.82) is 0 Å². The number of sulfonamides is 1. The fourth-order valence-corrected chi connectivity index (χ4v) is 3.11. The zero-order chi connectivity index (χ0) is 14.1. The lowest BCUT2D eigenvalue weighted by Gasteiger charge is -2.12. The molecule has 0 atom stereocenters. The topological polar surface area (TPSA) is 72.2 Å². The van der Waals surface area contributed by atoms with Gasteiger partial charge in [-0.05, 0) is 12.1 Å². The van der Waals surface area contributed by atoms with Crippen LogP contribution >= 0.6 is 23.2 Å². The molecule has 0 heterocycles. The van der Waals surface area contributed by atoms with Crippen molar-refractivity contribution < 1.29 is 21.6 Å². The van der Waals surface area contributed by atoms with Crippen LogP contribution < -0.4 is 10.5 Å². The lowest BCUT2D eigenvalue weighted by Crippen LogP contribution is -2.34. The van der Waals surface area contributed by atoms with Crippen LogP contribution in [0, 0.1) is 0 Å². The Kier molecular flexibility index (Phi) is 4.37. The Labute approximate surface area is 111 Å². The number of nitrogens with one attached hydrogen (secondary N) is 1. The monoisotopic (exact) mass is 322 g/mol. The summed E-state index contributed by atoms with van der Waals surface area (Å²) < 4.78 is 60.4. The van der Waals surface area contributed by atoms with Crippen molar-refractivity contribution in [3.63, 3.8) is 0 Å². The summed E-state index contributed by atoms with van der Waals surface area (Å²) in [5.74, 6) is 0. The fraction of sp³-hybridized carbons (Fsp3) is 0.250. The van der Waals surface area contributed by atoms with Gasteiger partial charge in [0, 0.05) is 5.02 Å². The van der Waals surface area contributed by atoms with Gasteiger partial charge >= 0.3 is 6.18 Å². The molecule has 0 fully saturated rings. The van der Waals surface area contributed by atoms with Gasteiger partial charge in [-0.1, -0.05) is 23.2 Å². The molecule has 1 rings (SSSR count). The molecule has 0 radical (unpaired) electrons. The molecule has 0 amide bonds. The van der Waals surface area contributed by atoms with Crippen molar-refractivity contribution in [2.75, 3.05) is 12.3 Å². The van der Waals surface area contributed by atoms with E-state index < -0.39 is 27.6 Å². The molecule has 1 aromatic carbocycles. The van der Waals surface area contributed by atoms with Crippen LogP contribution in [0.15, 0.2) is 17.0 Å². The minimum atomic E-state index is -4.68. The summed E-state index contributed by atoms with van der Waals surface area (Å²) in [5.41, 5.74) is 5.05. The van der Waals surface area contributed by atoms with Crippen molar-refractivity contribution in [1.82, 2.24) is 4.72 Å². The average molecular weight is 323 g/mol. The Morgan fingerprint density at radius 1 is 1.28 bits per heavy atom. The highest BCUT2D eigenvalue weighted by molar-refractivity contribution is 7.89. The molecule has 0 saturated heterocycles. The molecule has 10 heteroatoms. The van der Waals surface area contributed by atoms with E-state index in [2.05, 4.69) is 0 Å². The van der Waals surface area contributed by atoms with Gasteiger partial charge in [-0.15, -0.1) is 0 Å². The number of benzene rings is 1. The van der Waals surface area contributed by atoms with E-state index in [0.717, 1.165) is 12.1 Å². The number of rotatable bonds is 3. The van der Waals surface area contributed by atoms with Gasteiger partial charge in [0.05, 0.1) is 10.7 Å². The number of nitrogen functional groups attached to an aromatic ring is 1. The number of halogens is 5. The van der Waals surface area contributed by atoms with Crippen molar-refractivity contribution >= 4 is 38.9 Å². The summed E-state index contributed by atoms with van der Waals surface area (Å²) in [6, 6.07) is 2.15. The lowest BCUT2D eigenvalue weighted by atomic mass is 10.3. The Morgan fingerprint density at radius 3 is 2.28 bits per heavy atom. The minimum Gasteiger partial charge on any atom is -0.398 e. The minimum absolute atomic E-state index is 0.0762. The SMILES string of the molecule is Nc1cc(Cl)cc(Cl)c1S(=O)(=O)NCC(F)(F)F. The van der Waals surface area contributed by atoms with Crippen LogP contribution in [0.5, 0.6) is 0 Å². The number of alkyl halides is 3. The molecule has 0 aromatic heterocycles. The third-order valence-electron chi connectivity index (χ3n) is 1.77. The Hall–Kier alpha value is -0.700. The van der Waals surface area contributed by atoms with E-state index in [4.69, 9.17) is 28.9 Å². The molecule has 102 valence electrons. The normalized spacial score (nSPS) is 12.7. The number of anilines is 1. The van der Waals surface area contributed by atoms with E-state index in [1.165, 1.54) is 4.72 Å². The van der Waals surface area contributed by atoms with E-state index in [-0.39, 0.29) is 15.7 Å². The maximum Gasteiger partial charge on any atom is 0.402 e. The molecular weight excluding hydrogens is 316 g/mol. The van der Waals surface area contributed by atoms with Crippen LogP contribution in [0.3, 0.4) is 0 Å². The fourth-order valence-electron chi connectivity index (χ4n) is 1.11. The predicted molar refractivity (Wildman–Crippen MR) is 62.1 cm³/mol. The van der Waals surface area contributed by atoms with Gasteiger partial charge in [-0.25, -0.2) is 13.1 Å². The molecule has 0 aliphatic carbocycles. The van der Waals surface area contributed by atoms with Crippen LogP contribution in [-0.2, 0) is 10.0 Å². The lowest BCUT2D eigenvalue weighted by molar-refractivity contribution is -0.121. The Balaban J connectivity index is 3.14. The average Bonchev–Trinajstić information content (AvgIpc) is 2.11. The van der Waals surface area contributed by atoms with E-state index >= 15 is 0 Å². The van der Waals surface area contributed by atoms with Crippen LogP contribution in [0.2, 0.25) is 10.0 Å². The Morgan fingerprint density at radius 2 is 1.83 bits per heavy atom. The highest BCUT2D eigenvalue weighted by atomic mass is 35.5. The summed E-state index contributed by atoms with van der Waals surface area (Å²) in [4.78, 5) is -0.627. The van der Waals surface area contributed by atoms with E-state index in [0.29, 0.717) is 0 Å². The summed E-state index contributed by atoms with van der Waals surface area (Å²) in [6.07, 6.45) is -4.68. The van der Waals surface area contributed by atoms with E-state index in [1.807, 2.05) is 0 Å². The van der Waals surface area contributed by atoms with Crippen LogP contribution in [0.1, 0.15) is 0 Å². The standard InChI is InChI=1S/C8H7Cl2F3N2O2S/c9-4-1-5(10)7(6(14)2-4)18(16,17)15-3-8(11,12)13/h1-2,15H,3,14H2. The third kappa shape index (κ3) is 3.91. The molecule has 4 nitrogen and oxygen atoms in total. The summed E-state index contributed by atoms with van der Waals surface area (Å²) in [6.45, 7) is -1.71. The second-order valence-electron chi connectivity index (χ2n) is 3.25. The number of nitrogens with two attached hydrogens (primary N) is 1. The summed E-state index contributed by atoms with van der Waals surface area (Å²) in [5, 5.41) is -0.276. The zero-order valence-corrected chi connectivity index (χ0v) is 10.9. The van der Waals surface area contributed by atoms with Crippen LogP contribution in [0.4, 0.5) is 18.9 Å². The van der Waals surface area contributed by atoms with E-state index in [1.54, 1.807) is 0 Å². The van der Waals surface area contributed by atoms with Gasteiger partial charge in [0.2, 0.25) is 10.0 Å². The van der Waals surface area contributed by atoms with Gasteiger partial charge in [0.25, 0.3) is 0 Å². The maximum atomic E-state index is 12.0. The smallest absolute Gasteiger partial charge is 0.398 e. The molecule has 0 saturated carbocycles. The molecular formula is C8H7Cl2F3N2O2S. The first-order valence-electron chi connectivity index (χ1n) is 4.34. The van der Waals surface area contributed by atoms with Crippen molar-refractivity contribution in [3.05, 3.63) is 22.2 Å². The van der Waals surface area contributed by atoms with Gasteiger partial charge in [-0.3, -0.25) is 0 Å². The molecule has 1 aromatic rings. The summed E-state index contributed by atoms with van der Waals surface area (Å²) >= 11 is 11.2. The maximum absolute atomic E-state index is 12.0. The number of hydrogen-bond donors (Lipinski definition) is 2. The summed E-state index contributed by atoms with van der Waals surface area (Å²) in [7, 11) is -4.46. The molecule has 0 bridgehead atoms. The van der Waals surface area contributed by atoms with Gasteiger partial charge in [0.1, 0.15) is 11.4 Å². The molecule has 18 heavy (non-hydrogen) atoms. The quantitative estimate of drug-likeness (QED) is 0.839. The first kappa shape index (κ1) is 15.4. The zero-order valence-electron chi connectivity index (χ0n) is 8.55. The molecule has 0 aliphatic heterocycles. The first-order valence-corrected chi connectivity index (χ1v) is 6.58. The first-order chi connectivity index (χ1) is 8.03. The van der Waals surface area contributed by atoms with Gasteiger partial charge < -0.3 is 5.73 Å². The van der Waals surface area contributed by atoms with Crippen LogP contribution in [-0.4, -0.2) is 21.1 Å². The van der Waals surface area contributed by atoms with Crippen molar-refractivity contribution in [3.8, 4) is 0 Å². The van der Waals surface area contributed by atoms with Crippen molar-refractivity contribution in [2.24, 2.45) is 0 Å². The second kappa shape index (κ2) is 5.12. The number of hydrogen-bond acceptors (Lipinski definition) is 3. The highest BCUT2D eigenvalue weighted by Gasteiger charge is 2.31. The largest absolute Gasteiger partial charge is 0.402 e. The predicted octanol–water partition coefficient (Wildman–Crippen LogP) is 2.42. The van der Waals surface area contributed by atoms with Gasteiger partial charge in [-0.2, -0.15) is 13.2 Å². The molecule has 3 N–H and O–H groups in total. The van der Waals surface area contributed by atoms with Gasteiger partial charge in [0.15, 0.2) is 0 Å². The second-order valence-corrected chi connectivity index (χ2v) is 5.79. The molecule has 0 aliphatic rings. The molecule has 0 unspecified atom stereocenters.